The number of carbonyl (C=O) groups excluding carboxylic acids is 2. The highest BCUT2D eigenvalue weighted by Crippen LogP contribution is 2.69. The molecule has 1 aromatic rings. The van der Waals surface area contributed by atoms with E-state index < -0.39 is 0 Å². The van der Waals surface area contributed by atoms with Gasteiger partial charge in [0, 0.05) is 50.5 Å². The van der Waals surface area contributed by atoms with E-state index in [9.17, 15) is 9.59 Å². The third-order valence-corrected chi connectivity index (χ3v) is 8.98. The van der Waals surface area contributed by atoms with Gasteiger partial charge in [-0.15, -0.1) is 0 Å². The van der Waals surface area contributed by atoms with E-state index in [-0.39, 0.29) is 35.7 Å². The van der Waals surface area contributed by atoms with E-state index in [0.717, 1.165) is 19.3 Å². The quantitative estimate of drug-likeness (QED) is 0.714. The van der Waals surface area contributed by atoms with Gasteiger partial charge in [0.15, 0.2) is 6.23 Å². The van der Waals surface area contributed by atoms with Gasteiger partial charge in [0.1, 0.15) is 6.10 Å². The number of hydrogen-bond acceptors (Lipinski definition) is 6. The number of benzene rings is 1. The molecule has 0 amide bonds. The van der Waals surface area contributed by atoms with Crippen LogP contribution in [0.15, 0.2) is 24.3 Å². The maximum absolute atomic E-state index is 12.3. The number of hydrogen-bond donors (Lipinski definition) is 0. The molecule has 5 bridgehead atoms. The summed E-state index contributed by atoms with van der Waals surface area (Å²) in [6, 6.07) is 9.46. The Morgan fingerprint density at radius 1 is 1.13 bits per heavy atom. The van der Waals surface area contributed by atoms with Crippen LogP contribution in [-0.2, 0) is 24.5 Å². The molecule has 1 aromatic carbocycles. The molecule has 0 radical (unpaired) electrons. The van der Waals surface area contributed by atoms with Crippen molar-refractivity contribution in [3.05, 3.63) is 29.8 Å². The van der Waals surface area contributed by atoms with Crippen molar-refractivity contribution in [2.45, 2.75) is 75.9 Å². The lowest BCUT2D eigenvalue weighted by Crippen LogP contribution is -2.73. The number of esters is 2. The maximum Gasteiger partial charge on any atom is 0.304 e. The first-order valence-corrected chi connectivity index (χ1v) is 11.3. The molecular formula is C24H30N2O4. The van der Waals surface area contributed by atoms with Crippen LogP contribution < -0.4 is 4.90 Å². The van der Waals surface area contributed by atoms with Crippen LogP contribution in [-0.4, -0.2) is 54.3 Å². The number of piperidine rings is 4. The van der Waals surface area contributed by atoms with Crippen LogP contribution in [0.5, 0.6) is 0 Å². The van der Waals surface area contributed by atoms with Crippen LogP contribution in [0, 0.1) is 17.8 Å². The molecule has 6 aliphatic rings. The van der Waals surface area contributed by atoms with Crippen LogP contribution >= 0.6 is 0 Å². The number of para-hydroxylation sites is 1. The summed E-state index contributed by atoms with van der Waals surface area (Å²) in [7, 11) is 2.18. The van der Waals surface area contributed by atoms with Crippen molar-refractivity contribution < 1.29 is 19.1 Å². The summed E-state index contributed by atoms with van der Waals surface area (Å²) < 4.78 is 12.2. The summed E-state index contributed by atoms with van der Waals surface area (Å²) in [6.45, 7) is 5.26. The Bertz CT molecular complexity index is 934. The summed E-state index contributed by atoms with van der Waals surface area (Å²) in [4.78, 5) is 29.2. The number of nitrogens with zero attached hydrogens (tertiary/aromatic N) is 2. The Balaban J connectivity index is 1.56. The normalized spacial score (nSPS) is 46.5. The molecule has 6 heteroatoms. The highest BCUT2D eigenvalue weighted by atomic mass is 16.6. The zero-order chi connectivity index (χ0) is 20.9. The molecule has 5 fully saturated rings. The van der Waals surface area contributed by atoms with Gasteiger partial charge in [-0.05, 0) is 36.8 Å². The van der Waals surface area contributed by atoms with Crippen molar-refractivity contribution in [3.8, 4) is 0 Å². The van der Waals surface area contributed by atoms with E-state index in [0.29, 0.717) is 29.8 Å². The second-order valence-electron chi connectivity index (χ2n) is 9.98. The van der Waals surface area contributed by atoms with E-state index in [1.54, 1.807) is 6.92 Å². The molecule has 4 saturated heterocycles. The number of carbonyl (C=O) groups is 2. The lowest BCUT2D eigenvalue weighted by Gasteiger charge is -2.62. The van der Waals surface area contributed by atoms with Gasteiger partial charge in [-0.1, -0.05) is 25.1 Å². The van der Waals surface area contributed by atoms with Gasteiger partial charge in [0.25, 0.3) is 0 Å². The van der Waals surface area contributed by atoms with Crippen LogP contribution in [0.1, 0.15) is 45.6 Å². The van der Waals surface area contributed by atoms with Gasteiger partial charge < -0.3 is 14.4 Å². The van der Waals surface area contributed by atoms with Crippen LogP contribution in [0.25, 0.3) is 0 Å². The first kappa shape index (κ1) is 18.7. The highest BCUT2D eigenvalue weighted by molar-refractivity contribution is 5.70. The molecule has 30 heavy (non-hydrogen) atoms. The Morgan fingerprint density at radius 2 is 1.87 bits per heavy atom. The Hall–Kier alpha value is -2.08. The van der Waals surface area contributed by atoms with Crippen LogP contribution in [0.3, 0.4) is 0 Å². The zero-order valence-electron chi connectivity index (χ0n) is 18.1. The van der Waals surface area contributed by atoms with Crippen molar-refractivity contribution in [3.63, 3.8) is 0 Å². The second kappa shape index (κ2) is 6.00. The number of ether oxygens (including phenoxy) is 2. The molecule has 0 N–H and O–H groups in total. The molecule has 1 spiro atoms. The number of likely N-dealkylation sites (N-methyl/N-ethyl adjacent to an activating group) is 1. The average molecular weight is 411 g/mol. The minimum atomic E-state index is -0.203. The SMILES string of the molecule is CC[C@H]1[C@H]2C[C@@H]3[C@@H]4N(C)c5ccccc5[C@@]45C[C@H]([C@H]2[C@H]5OC(C)=O)N3[C@H]1OC(C)=O. The summed E-state index contributed by atoms with van der Waals surface area (Å²) in [5.41, 5.74) is 2.41. The minimum absolute atomic E-state index is 0.122. The predicted octanol–water partition coefficient (Wildman–Crippen LogP) is 2.70. The number of rotatable bonds is 3. The van der Waals surface area contributed by atoms with Gasteiger partial charge >= 0.3 is 11.9 Å². The smallest absolute Gasteiger partial charge is 0.304 e. The van der Waals surface area contributed by atoms with Gasteiger partial charge in [0.2, 0.25) is 0 Å². The van der Waals surface area contributed by atoms with Crippen molar-refractivity contribution in [2.75, 3.05) is 11.9 Å². The van der Waals surface area contributed by atoms with E-state index >= 15 is 0 Å². The summed E-state index contributed by atoms with van der Waals surface area (Å²) >= 11 is 0. The first-order valence-electron chi connectivity index (χ1n) is 11.3. The number of fused-ring (bicyclic) bond motifs is 2. The second-order valence-corrected chi connectivity index (χ2v) is 9.98. The molecule has 6 nitrogen and oxygen atoms in total. The fourth-order valence-corrected chi connectivity index (χ4v) is 8.49. The lowest BCUT2D eigenvalue weighted by molar-refractivity contribution is -0.228. The molecule has 160 valence electrons. The van der Waals surface area contributed by atoms with E-state index in [4.69, 9.17) is 9.47 Å². The third-order valence-electron chi connectivity index (χ3n) is 8.98. The molecule has 10 atom stereocenters. The van der Waals surface area contributed by atoms with Gasteiger partial charge in [-0.2, -0.15) is 0 Å². The van der Waals surface area contributed by atoms with Crippen molar-refractivity contribution in [1.82, 2.24) is 4.90 Å². The maximum atomic E-state index is 12.3. The van der Waals surface area contributed by atoms with Gasteiger partial charge in [0.05, 0.1) is 11.5 Å². The van der Waals surface area contributed by atoms with Gasteiger partial charge in [-0.3, -0.25) is 14.5 Å². The zero-order valence-corrected chi connectivity index (χ0v) is 18.1. The van der Waals surface area contributed by atoms with Gasteiger partial charge in [-0.25, -0.2) is 0 Å². The Kier molecular flexibility index (Phi) is 3.73. The highest BCUT2D eigenvalue weighted by Gasteiger charge is 2.78. The monoisotopic (exact) mass is 410 g/mol. The Morgan fingerprint density at radius 3 is 2.57 bits per heavy atom. The summed E-state index contributed by atoms with van der Waals surface area (Å²) in [5.74, 6) is 0.608. The summed E-state index contributed by atoms with van der Waals surface area (Å²) in [5, 5.41) is 0. The fourth-order valence-electron chi connectivity index (χ4n) is 8.49. The van der Waals surface area contributed by atoms with Crippen molar-refractivity contribution in [2.24, 2.45) is 17.8 Å². The number of anilines is 1. The Labute approximate surface area is 177 Å². The lowest BCUT2D eigenvalue weighted by atomic mass is 9.62. The van der Waals surface area contributed by atoms with Crippen LogP contribution in [0.4, 0.5) is 5.69 Å². The van der Waals surface area contributed by atoms with E-state index in [1.165, 1.54) is 18.2 Å². The standard InChI is InChI=1S/C24H30N2O4/c1-5-14-15-10-18-21-24(16-8-6-7-9-17(16)25(21)4)11-19(20(15)22(24)29-12(2)27)26(18)23(14)30-13(3)28/h6-9,14-15,18-23H,5,10-11H2,1-4H3/t14-,15+,18+,19+,20-,21-,22+,23-,24-/m0/s1. The minimum Gasteiger partial charge on any atom is -0.461 e. The summed E-state index contributed by atoms with van der Waals surface area (Å²) in [6.07, 6.45) is 2.72. The third kappa shape index (κ3) is 1.99. The van der Waals surface area contributed by atoms with E-state index in [1.807, 2.05) is 0 Å². The molecule has 5 heterocycles. The average Bonchev–Trinajstić information content (AvgIpc) is 3.10. The van der Waals surface area contributed by atoms with Crippen LogP contribution in [0.2, 0.25) is 0 Å². The molecule has 0 aromatic heterocycles. The molecular weight excluding hydrogens is 380 g/mol. The molecule has 1 aliphatic carbocycles. The topological polar surface area (TPSA) is 59.1 Å². The molecule has 7 rings (SSSR count). The molecule has 1 saturated carbocycles. The van der Waals surface area contributed by atoms with E-state index in [2.05, 4.69) is 48.0 Å². The molecule has 1 unspecified atom stereocenters. The fraction of sp³-hybridized carbons (Fsp3) is 0.667. The van der Waals surface area contributed by atoms with Crippen molar-refractivity contribution >= 4 is 17.6 Å². The molecule has 5 aliphatic heterocycles. The largest absolute Gasteiger partial charge is 0.461 e. The van der Waals surface area contributed by atoms with Crippen molar-refractivity contribution in [1.29, 1.82) is 0 Å². The first-order chi connectivity index (χ1) is 14.4. The predicted molar refractivity (Wildman–Crippen MR) is 111 cm³/mol.